The van der Waals surface area contributed by atoms with Crippen LogP contribution >= 0.6 is 0 Å². The van der Waals surface area contributed by atoms with E-state index >= 15 is 4.39 Å². The normalized spacial score (nSPS) is 17.0. The summed E-state index contributed by atoms with van der Waals surface area (Å²) < 4.78 is 26.1. The Hall–Kier alpha value is -5.27. The number of nitrogens with one attached hydrogen (secondary N) is 4. The van der Waals surface area contributed by atoms with Gasteiger partial charge in [0.25, 0.3) is 17.4 Å². The lowest BCUT2D eigenvalue weighted by atomic mass is 10.1. The summed E-state index contributed by atoms with van der Waals surface area (Å²) in [6, 6.07) is 7.91. The van der Waals surface area contributed by atoms with Crippen molar-refractivity contribution in [2.24, 2.45) is 0 Å². The number of rotatable bonds is 3. The zero-order chi connectivity index (χ0) is 32.3. The molecule has 3 heterocycles. The number of halogens is 1. The minimum absolute atomic E-state index is 0.00745. The molecule has 2 aliphatic heterocycles. The van der Waals surface area contributed by atoms with Crippen LogP contribution in [-0.4, -0.2) is 71.3 Å². The van der Waals surface area contributed by atoms with Crippen molar-refractivity contribution in [2.75, 3.05) is 26.7 Å². The fourth-order valence-electron chi connectivity index (χ4n) is 4.66. The standard InChI is InChI=1S/C31H35FN6O7/c1-3-22-30(42)35-16-19-7-9-24(21(32)14-19)45-26-15-20(8-10-25(26)44-2)29(41)34-11-5-13-38(12-4-6-27(39)36-22)31(43)23-17-33-18-28(40)37-23/h7-10,14-15,17-18,22H,3-6,11-13,16H2,1-2H3,(H,34,41)(H,35,42)(H,36,39)(H,37,40)/t22-/m0/s1. The number of carbonyl (C=O) groups excluding carboxylic acids is 4. The second-order valence-corrected chi connectivity index (χ2v) is 10.3. The molecular formula is C31H35FN6O7. The number of carbonyl (C=O) groups is 4. The number of benzene rings is 2. The average Bonchev–Trinajstić information content (AvgIpc) is 3.03. The van der Waals surface area contributed by atoms with E-state index in [1.165, 1.54) is 48.5 Å². The third-order valence-corrected chi connectivity index (χ3v) is 7.06. The van der Waals surface area contributed by atoms with Crippen molar-refractivity contribution >= 4 is 23.6 Å². The number of ether oxygens (including phenoxy) is 2. The van der Waals surface area contributed by atoms with E-state index in [0.29, 0.717) is 18.4 Å². The molecule has 0 saturated heterocycles. The number of aromatic nitrogens is 2. The van der Waals surface area contributed by atoms with Crippen molar-refractivity contribution < 1.29 is 33.0 Å². The molecule has 4 bridgehead atoms. The lowest BCUT2D eigenvalue weighted by Gasteiger charge is -2.23. The average molecular weight is 623 g/mol. The summed E-state index contributed by atoms with van der Waals surface area (Å²) in [6.45, 7) is 2.32. The molecule has 0 spiro atoms. The molecule has 5 rings (SSSR count). The molecule has 4 N–H and O–H groups in total. The van der Waals surface area contributed by atoms with E-state index in [-0.39, 0.29) is 73.4 Å². The van der Waals surface area contributed by atoms with Gasteiger partial charge < -0.3 is 35.3 Å². The van der Waals surface area contributed by atoms with Gasteiger partial charge in [-0.2, -0.15) is 0 Å². The number of hydrogen-bond donors (Lipinski definition) is 4. The third-order valence-electron chi connectivity index (χ3n) is 7.06. The van der Waals surface area contributed by atoms with Crippen molar-refractivity contribution in [3.8, 4) is 17.2 Å². The summed E-state index contributed by atoms with van der Waals surface area (Å²) in [5.74, 6) is -2.13. The quantitative estimate of drug-likeness (QED) is 0.345. The molecule has 4 amide bonds. The van der Waals surface area contributed by atoms with E-state index in [1.54, 1.807) is 13.0 Å². The Kier molecular flexibility index (Phi) is 11.2. The highest BCUT2D eigenvalue weighted by atomic mass is 19.1. The molecular weight excluding hydrogens is 587 g/mol. The molecule has 45 heavy (non-hydrogen) atoms. The number of methoxy groups -OCH3 is 1. The summed E-state index contributed by atoms with van der Waals surface area (Å²) in [5, 5.41) is 8.20. The number of amides is 4. The van der Waals surface area contributed by atoms with Gasteiger partial charge in [0.2, 0.25) is 11.8 Å². The molecule has 1 aromatic heterocycles. The van der Waals surface area contributed by atoms with Gasteiger partial charge in [0.05, 0.1) is 19.5 Å². The Morgan fingerprint density at radius 1 is 1.04 bits per heavy atom. The van der Waals surface area contributed by atoms with Gasteiger partial charge >= 0.3 is 0 Å². The molecule has 3 aromatic rings. The van der Waals surface area contributed by atoms with Crippen LogP contribution < -0.4 is 31.0 Å². The number of aromatic amines is 1. The fourth-order valence-corrected chi connectivity index (χ4v) is 4.66. The van der Waals surface area contributed by atoms with Crippen LogP contribution in [0, 0.1) is 5.82 Å². The van der Waals surface area contributed by atoms with Gasteiger partial charge in [-0.25, -0.2) is 4.39 Å². The van der Waals surface area contributed by atoms with Gasteiger partial charge in [-0.3, -0.25) is 29.0 Å². The molecule has 2 aliphatic rings. The van der Waals surface area contributed by atoms with Gasteiger partial charge in [0.15, 0.2) is 23.1 Å². The highest BCUT2D eigenvalue weighted by Crippen LogP contribution is 2.34. The summed E-state index contributed by atoms with van der Waals surface area (Å²) >= 11 is 0. The first-order valence-corrected chi connectivity index (χ1v) is 14.5. The Morgan fingerprint density at radius 3 is 2.58 bits per heavy atom. The Bertz CT molecular complexity index is 1610. The van der Waals surface area contributed by atoms with Crippen molar-refractivity contribution in [3.05, 3.63) is 81.8 Å². The molecule has 0 saturated carbocycles. The van der Waals surface area contributed by atoms with Crippen molar-refractivity contribution in [1.82, 2.24) is 30.8 Å². The van der Waals surface area contributed by atoms with Crippen molar-refractivity contribution in [3.63, 3.8) is 0 Å². The second kappa shape index (κ2) is 15.5. The maximum atomic E-state index is 15.0. The second-order valence-electron chi connectivity index (χ2n) is 10.3. The zero-order valence-corrected chi connectivity index (χ0v) is 25.0. The maximum Gasteiger partial charge on any atom is 0.271 e. The first kappa shape index (κ1) is 32.6. The Balaban J connectivity index is 1.57. The first-order chi connectivity index (χ1) is 21.7. The van der Waals surface area contributed by atoms with E-state index in [4.69, 9.17) is 9.47 Å². The predicted octanol–water partition coefficient (Wildman–Crippen LogP) is 2.28. The van der Waals surface area contributed by atoms with E-state index in [1.807, 2.05) is 0 Å². The van der Waals surface area contributed by atoms with Gasteiger partial charge in [-0.1, -0.05) is 13.0 Å². The molecule has 1 atom stereocenters. The first-order valence-electron chi connectivity index (χ1n) is 14.5. The van der Waals surface area contributed by atoms with Gasteiger partial charge in [0, 0.05) is 38.2 Å². The minimum Gasteiger partial charge on any atom is -0.493 e. The largest absolute Gasteiger partial charge is 0.493 e. The lowest BCUT2D eigenvalue weighted by Crippen LogP contribution is -2.46. The third kappa shape index (κ3) is 8.87. The number of nitrogens with zero attached hydrogens (tertiary/aromatic N) is 2. The zero-order valence-electron chi connectivity index (χ0n) is 25.0. The van der Waals surface area contributed by atoms with Gasteiger partial charge in [-0.15, -0.1) is 0 Å². The summed E-state index contributed by atoms with van der Waals surface area (Å²) in [5.41, 5.74) is 0.162. The SMILES string of the molecule is CC[C@@H]1NC(=O)CCCN(C(=O)c2cncc(=O)[nH]2)CCCNC(=O)c2ccc(OC)c(c2)Oc2ccc(cc2F)CNC1=O. The molecule has 0 aliphatic carbocycles. The van der Waals surface area contributed by atoms with Crippen molar-refractivity contribution in [1.29, 1.82) is 0 Å². The van der Waals surface area contributed by atoms with Crippen LogP contribution in [0.1, 0.15) is 59.0 Å². The molecule has 0 radical (unpaired) electrons. The van der Waals surface area contributed by atoms with Crippen LogP contribution in [-0.2, 0) is 16.1 Å². The number of H-pyrrole nitrogens is 1. The topological polar surface area (TPSA) is 172 Å². The summed E-state index contributed by atoms with van der Waals surface area (Å²) in [7, 11) is 1.42. The Morgan fingerprint density at radius 2 is 1.84 bits per heavy atom. The van der Waals surface area contributed by atoms with Crippen LogP contribution in [0.4, 0.5) is 4.39 Å². The molecule has 238 valence electrons. The van der Waals surface area contributed by atoms with E-state index in [2.05, 4.69) is 25.9 Å². The monoisotopic (exact) mass is 622 g/mol. The highest BCUT2D eigenvalue weighted by molar-refractivity contribution is 5.95. The van der Waals surface area contributed by atoms with E-state index in [9.17, 15) is 24.0 Å². The number of fused-ring (bicyclic) bond motifs is 16. The summed E-state index contributed by atoms with van der Waals surface area (Å²) in [6.07, 6.45) is 3.27. The Labute approximate surface area is 258 Å². The van der Waals surface area contributed by atoms with E-state index in [0.717, 1.165) is 6.20 Å². The molecule has 0 unspecified atom stereocenters. The number of hydrogen-bond acceptors (Lipinski definition) is 8. The molecule has 14 heteroatoms. The van der Waals surface area contributed by atoms with Crippen LogP contribution in [0.2, 0.25) is 0 Å². The predicted molar refractivity (Wildman–Crippen MR) is 160 cm³/mol. The van der Waals surface area contributed by atoms with Crippen LogP contribution in [0.5, 0.6) is 17.2 Å². The summed E-state index contributed by atoms with van der Waals surface area (Å²) in [4.78, 5) is 71.1. The minimum atomic E-state index is -0.812. The smallest absolute Gasteiger partial charge is 0.271 e. The molecule has 13 nitrogen and oxygen atoms in total. The van der Waals surface area contributed by atoms with Gasteiger partial charge in [0.1, 0.15) is 11.7 Å². The maximum absolute atomic E-state index is 15.0. The van der Waals surface area contributed by atoms with Crippen molar-refractivity contribution in [2.45, 2.75) is 45.2 Å². The van der Waals surface area contributed by atoms with E-state index < -0.39 is 35.1 Å². The van der Waals surface area contributed by atoms with Crippen LogP contribution in [0.3, 0.4) is 0 Å². The highest BCUT2D eigenvalue weighted by Gasteiger charge is 2.21. The van der Waals surface area contributed by atoms with Crippen LogP contribution in [0.15, 0.2) is 53.6 Å². The fraction of sp³-hybridized carbons (Fsp3) is 0.355. The van der Waals surface area contributed by atoms with Gasteiger partial charge in [-0.05, 0) is 55.2 Å². The lowest BCUT2D eigenvalue weighted by molar-refractivity contribution is -0.129. The molecule has 0 fully saturated rings. The molecule has 2 aromatic carbocycles. The van der Waals surface area contributed by atoms with Crippen LogP contribution in [0.25, 0.3) is 0 Å².